The number of hydrogen-bond acceptors (Lipinski definition) is 4. The minimum absolute atomic E-state index is 0.0901. The molecule has 1 amide bonds. The van der Waals surface area contributed by atoms with E-state index < -0.39 is 5.91 Å². The predicted molar refractivity (Wildman–Crippen MR) is 103 cm³/mol. The molecule has 0 saturated heterocycles. The van der Waals surface area contributed by atoms with E-state index >= 15 is 0 Å². The number of rotatable bonds is 5. The lowest BCUT2D eigenvalue weighted by Gasteiger charge is -2.12. The van der Waals surface area contributed by atoms with Gasteiger partial charge in [-0.1, -0.05) is 29.3 Å². The average molecular weight is 375 g/mol. The fraction of sp³-hybridized carbons (Fsp3) is 0.111. The second-order valence-corrected chi connectivity index (χ2v) is 6.10. The van der Waals surface area contributed by atoms with Crippen molar-refractivity contribution in [3.63, 3.8) is 0 Å². The van der Waals surface area contributed by atoms with Gasteiger partial charge in [0, 0.05) is 31.7 Å². The zero-order valence-corrected chi connectivity index (χ0v) is 15.2. The first-order valence-electron chi connectivity index (χ1n) is 7.32. The van der Waals surface area contributed by atoms with E-state index in [1.54, 1.807) is 18.2 Å². The Hall–Kier alpha value is -2.68. The van der Waals surface area contributed by atoms with Crippen LogP contribution in [0.25, 0.3) is 0 Å². The van der Waals surface area contributed by atoms with E-state index in [-0.39, 0.29) is 10.6 Å². The van der Waals surface area contributed by atoms with Gasteiger partial charge in [-0.2, -0.15) is 5.26 Å². The number of carbonyl (C=O) groups is 1. The smallest absolute Gasteiger partial charge is 0.267 e. The molecule has 0 spiro atoms. The van der Waals surface area contributed by atoms with Crippen molar-refractivity contribution in [3.8, 4) is 6.07 Å². The number of hydrogen-bond donors (Lipinski definition) is 2. The third kappa shape index (κ3) is 4.90. The molecule has 0 atom stereocenters. The van der Waals surface area contributed by atoms with Crippen LogP contribution in [-0.4, -0.2) is 20.0 Å². The van der Waals surface area contributed by atoms with Gasteiger partial charge >= 0.3 is 0 Å². The molecule has 0 radical (unpaired) electrons. The van der Waals surface area contributed by atoms with Gasteiger partial charge in [0.25, 0.3) is 5.91 Å². The lowest BCUT2D eigenvalue weighted by Crippen LogP contribution is -2.15. The lowest BCUT2D eigenvalue weighted by molar-refractivity contribution is -0.112. The van der Waals surface area contributed by atoms with Gasteiger partial charge in [0.1, 0.15) is 11.6 Å². The van der Waals surface area contributed by atoms with Crippen molar-refractivity contribution in [1.29, 1.82) is 5.26 Å². The molecule has 25 heavy (non-hydrogen) atoms. The molecule has 2 aromatic rings. The van der Waals surface area contributed by atoms with Crippen molar-refractivity contribution in [2.75, 3.05) is 29.6 Å². The lowest BCUT2D eigenvalue weighted by atomic mass is 10.2. The summed E-state index contributed by atoms with van der Waals surface area (Å²) in [6.07, 6.45) is 1.35. The summed E-state index contributed by atoms with van der Waals surface area (Å²) in [6, 6.07) is 14.3. The van der Waals surface area contributed by atoms with E-state index in [0.717, 1.165) is 11.4 Å². The summed E-state index contributed by atoms with van der Waals surface area (Å²) in [6.45, 7) is 0. The molecular formula is C18H16Cl2N4O. The first-order valence-corrected chi connectivity index (χ1v) is 8.07. The topological polar surface area (TPSA) is 68.2 Å². The van der Waals surface area contributed by atoms with E-state index in [1.165, 1.54) is 6.20 Å². The minimum atomic E-state index is -0.580. The van der Waals surface area contributed by atoms with Gasteiger partial charge in [-0.3, -0.25) is 4.79 Å². The quantitative estimate of drug-likeness (QED) is 0.596. The number of carbonyl (C=O) groups excluding carboxylic acids is 1. The highest BCUT2D eigenvalue weighted by Crippen LogP contribution is 2.29. The molecule has 0 heterocycles. The van der Waals surface area contributed by atoms with Gasteiger partial charge in [0.05, 0.1) is 15.7 Å². The Morgan fingerprint density at radius 3 is 2.44 bits per heavy atom. The molecule has 0 saturated carbocycles. The molecule has 0 aliphatic rings. The number of amides is 1. The number of nitrogens with zero attached hydrogens (tertiary/aromatic N) is 2. The van der Waals surface area contributed by atoms with E-state index in [1.807, 2.05) is 49.3 Å². The standard InChI is InChI=1S/C18H16Cl2N4O/c1-24(2)14-8-6-13(7-9-14)22-11-12(10-21)18(25)23-16-5-3-4-15(19)17(16)20/h3-9,11,22H,1-2H3,(H,23,25)/b12-11-. The van der Waals surface area contributed by atoms with Crippen LogP contribution in [0.4, 0.5) is 17.1 Å². The minimum Gasteiger partial charge on any atom is -0.378 e. The van der Waals surface area contributed by atoms with Crippen LogP contribution >= 0.6 is 23.2 Å². The van der Waals surface area contributed by atoms with Crippen molar-refractivity contribution >= 4 is 46.2 Å². The Bertz CT molecular complexity index is 839. The number of anilines is 3. The van der Waals surface area contributed by atoms with Gasteiger partial charge in [0.2, 0.25) is 0 Å². The summed E-state index contributed by atoms with van der Waals surface area (Å²) in [5.41, 5.74) is 2.05. The fourth-order valence-corrected chi connectivity index (χ4v) is 2.30. The van der Waals surface area contributed by atoms with E-state index in [2.05, 4.69) is 10.6 Å². The zero-order valence-electron chi connectivity index (χ0n) is 13.7. The number of nitrogens with one attached hydrogen (secondary N) is 2. The van der Waals surface area contributed by atoms with Crippen molar-refractivity contribution < 1.29 is 4.79 Å². The van der Waals surface area contributed by atoms with Crippen LogP contribution in [0.1, 0.15) is 0 Å². The molecule has 0 aromatic heterocycles. The van der Waals surface area contributed by atoms with Gasteiger partial charge < -0.3 is 15.5 Å². The van der Waals surface area contributed by atoms with Gasteiger partial charge in [-0.05, 0) is 36.4 Å². The molecule has 0 fully saturated rings. The van der Waals surface area contributed by atoms with Crippen LogP contribution < -0.4 is 15.5 Å². The maximum absolute atomic E-state index is 12.2. The SMILES string of the molecule is CN(C)c1ccc(N/C=C(/C#N)C(=O)Nc2cccc(Cl)c2Cl)cc1. The number of halogens is 2. The van der Waals surface area contributed by atoms with Gasteiger partial charge in [-0.25, -0.2) is 0 Å². The summed E-state index contributed by atoms with van der Waals surface area (Å²) in [5.74, 6) is -0.580. The van der Waals surface area contributed by atoms with Crippen LogP contribution in [0.2, 0.25) is 10.0 Å². The second kappa shape index (κ2) is 8.43. The van der Waals surface area contributed by atoms with E-state index in [0.29, 0.717) is 10.7 Å². The average Bonchev–Trinajstić information content (AvgIpc) is 2.60. The summed E-state index contributed by atoms with van der Waals surface area (Å²) in [4.78, 5) is 14.2. The van der Waals surface area contributed by atoms with Crippen LogP contribution in [0.5, 0.6) is 0 Å². The largest absolute Gasteiger partial charge is 0.378 e. The summed E-state index contributed by atoms with van der Waals surface area (Å²) in [5, 5.41) is 15.3. The number of benzene rings is 2. The third-order valence-electron chi connectivity index (χ3n) is 3.33. The first kappa shape index (κ1) is 18.7. The molecule has 2 N–H and O–H groups in total. The van der Waals surface area contributed by atoms with Crippen LogP contribution in [-0.2, 0) is 4.79 Å². The third-order valence-corrected chi connectivity index (χ3v) is 4.15. The first-order chi connectivity index (χ1) is 11.9. The summed E-state index contributed by atoms with van der Waals surface area (Å²) < 4.78 is 0. The van der Waals surface area contributed by atoms with Crippen LogP contribution in [0.15, 0.2) is 54.2 Å². The number of nitriles is 1. The van der Waals surface area contributed by atoms with E-state index in [4.69, 9.17) is 23.2 Å². The normalized spacial score (nSPS) is 10.8. The maximum atomic E-state index is 12.2. The Morgan fingerprint density at radius 2 is 1.84 bits per heavy atom. The van der Waals surface area contributed by atoms with Crippen LogP contribution in [0, 0.1) is 11.3 Å². The highest BCUT2D eigenvalue weighted by Gasteiger charge is 2.12. The Kier molecular flexibility index (Phi) is 6.29. The molecular weight excluding hydrogens is 359 g/mol. The monoisotopic (exact) mass is 374 g/mol. The van der Waals surface area contributed by atoms with Gasteiger partial charge in [0.15, 0.2) is 0 Å². The Morgan fingerprint density at radius 1 is 1.16 bits per heavy atom. The van der Waals surface area contributed by atoms with Crippen LogP contribution in [0.3, 0.4) is 0 Å². The molecule has 5 nitrogen and oxygen atoms in total. The fourth-order valence-electron chi connectivity index (χ4n) is 1.95. The molecule has 0 aliphatic heterocycles. The zero-order chi connectivity index (χ0) is 18.4. The highest BCUT2D eigenvalue weighted by atomic mass is 35.5. The molecule has 2 aromatic carbocycles. The Balaban J connectivity index is 2.10. The maximum Gasteiger partial charge on any atom is 0.267 e. The van der Waals surface area contributed by atoms with Crippen molar-refractivity contribution in [1.82, 2.24) is 0 Å². The molecule has 0 unspecified atom stereocenters. The van der Waals surface area contributed by atoms with E-state index in [9.17, 15) is 10.1 Å². The predicted octanol–water partition coefficient (Wildman–Crippen LogP) is 4.52. The molecule has 0 aliphatic carbocycles. The van der Waals surface area contributed by atoms with Crippen molar-refractivity contribution in [2.24, 2.45) is 0 Å². The summed E-state index contributed by atoms with van der Waals surface area (Å²) >= 11 is 11.9. The van der Waals surface area contributed by atoms with Crippen molar-refractivity contribution in [2.45, 2.75) is 0 Å². The second-order valence-electron chi connectivity index (χ2n) is 5.31. The molecule has 7 heteroatoms. The highest BCUT2D eigenvalue weighted by molar-refractivity contribution is 6.44. The van der Waals surface area contributed by atoms with Crippen molar-refractivity contribution in [3.05, 3.63) is 64.3 Å². The molecule has 2 rings (SSSR count). The molecule has 0 bridgehead atoms. The van der Waals surface area contributed by atoms with Gasteiger partial charge in [-0.15, -0.1) is 0 Å². The summed E-state index contributed by atoms with van der Waals surface area (Å²) in [7, 11) is 3.89. The Labute approximate surface area is 156 Å². The molecule has 128 valence electrons.